The summed E-state index contributed by atoms with van der Waals surface area (Å²) in [4.78, 5) is 20.9. The number of nitrogens with zero attached hydrogens (tertiary/aromatic N) is 3. The molecular weight excluding hydrogens is 422 g/mol. The predicted molar refractivity (Wildman–Crippen MR) is 115 cm³/mol. The first-order chi connectivity index (χ1) is 15.3. The van der Waals surface area contributed by atoms with Crippen molar-refractivity contribution in [1.82, 2.24) is 0 Å². The van der Waals surface area contributed by atoms with E-state index in [0.29, 0.717) is 23.1 Å². The Balaban J connectivity index is 1.89. The fraction of sp³-hybridized carbons (Fsp3) is 0.0455. The summed E-state index contributed by atoms with van der Waals surface area (Å²) in [5.41, 5.74) is 3.68. The molecule has 8 nitrogen and oxygen atoms in total. The van der Waals surface area contributed by atoms with Crippen LogP contribution in [0.3, 0.4) is 0 Å². The number of anilines is 1. The minimum Gasteiger partial charge on any atom is -0.271 e. The number of benzene rings is 3. The van der Waals surface area contributed by atoms with Crippen molar-refractivity contribution in [1.29, 1.82) is 0 Å². The van der Waals surface area contributed by atoms with Gasteiger partial charge in [-0.05, 0) is 47.9 Å². The van der Waals surface area contributed by atoms with E-state index in [2.05, 4.69) is 10.5 Å². The van der Waals surface area contributed by atoms with Crippen molar-refractivity contribution in [2.24, 2.45) is 5.10 Å². The van der Waals surface area contributed by atoms with Crippen molar-refractivity contribution in [3.8, 4) is 0 Å². The molecule has 1 N–H and O–H groups in total. The minimum atomic E-state index is -0.780. The molecule has 0 bridgehead atoms. The highest BCUT2D eigenvalue weighted by molar-refractivity contribution is 6.16. The first-order valence-electron chi connectivity index (χ1n) is 9.35. The summed E-state index contributed by atoms with van der Waals surface area (Å²) < 4.78 is 28.2. The van der Waals surface area contributed by atoms with Gasteiger partial charge in [-0.3, -0.25) is 25.7 Å². The van der Waals surface area contributed by atoms with Crippen molar-refractivity contribution < 1.29 is 18.6 Å². The molecule has 10 heteroatoms. The van der Waals surface area contributed by atoms with Crippen molar-refractivity contribution in [2.75, 3.05) is 5.43 Å². The lowest BCUT2D eigenvalue weighted by Crippen LogP contribution is -2.13. The van der Waals surface area contributed by atoms with Gasteiger partial charge in [0.2, 0.25) is 0 Å². The average molecular weight is 436 g/mol. The normalized spacial score (nSPS) is 14.6. The van der Waals surface area contributed by atoms with E-state index in [9.17, 15) is 29.0 Å². The van der Waals surface area contributed by atoms with Gasteiger partial charge in [-0.2, -0.15) is 5.10 Å². The smallest absolute Gasteiger partial charge is 0.271 e. The third-order valence-electron chi connectivity index (χ3n) is 4.91. The molecule has 0 radical (unpaired) electrons. The first kappa shape index (κ1) is 20.8. The molecule has 160 valence electrons. The van der Waals surface area contributed by atoms with Crippen LogP contribution in [0.1, 0.15) is 22.3 Å². The van der Waals surface area contributed by atoms with E-state index in [4.69, 9.17) is 0 Å². The Hall–Kier alpha value is -4.47. The van der Waals surface area contributed by atoms with Crippen LogP contribution in [0.5, 0.6) is 0 Å². The number of fused-ring (bicyclic) bond motifs is 2. The monoisotopic (exact) mass is 436 g/mol. The number of nitro benzene ring substituents is 2. The highest BCUT2D eigenvalue weighted by Crippen LogP contribution is 2.30. The van der Waals surface area contributed by atoms with Crippen LogP contribution in [-0.4, -0.2) is 15.6 Å². The molecule has 1 aliphatic carbocycles. The van der Waals surface area contributed by atoms with E-state index >= 15 is 0 Å². The molecule has 0 fully saturated rings. The van der Waals surface area contributed by atoms with Gasteiger partial charge >= 0.3 is 5.69 Å². The largest absolute Gasteiger partial charge is 0.301 e. The van der Waals surface area contributed by atoms with Gasteiger partial charge in [0, 0.05) is 17.2 Å². The number of halogens is 2. The third-order valence-corrected chi connectivity index (χ3v) is 4.91. The van der Waals surface area contributed by atoms with Crippen LogP contribution >= 0.6 is 0 Å². The van der Waals surface area contributed by atoms with Gasteiger partial charge in [-0.15, -0.1) is 0 Å². The first-order valence-corrected chi connectivity index (χ1v) is 9.35. The zero-order chi connectivity index (χ0) is 22.8. The van der Waals surface area contributed by atoms with E-state index in [1.54, 1.807) is 18.2 Å². The van der Waals surface area contributed by atoms with Crippen LogP contribution in [0.2, 0.25) is 0 Å². The van der Waals surface area contributed by atoms with Gasteiger partial charge in [0.15, 0.2) is 0 Å². The van der Waals surface area contributed by atoms with Crippen LogP contribution < -0.4 is 5.43 Å². The van der Waals surface area contributed by atoms with Gasteiger partial charge in [0.25, 0.3) is 5.69 Å². The Kier molecular flexibility index (Phi) is 5.42. The van der Waals surface area contributed by atoms with E-state index in [0.717, 1.165) is 23.8 Å². The quantitative estimate of drug-likeness (QED) is 0.446. The van der Waals surface area contributed by atoms with Gasteiger partial charge < -0.3 is 0 Å². The molecule has 3 aromatic carbocycles. The molecule has 0 aromatic heterocycles. The number of hydrogen-bond acceptors (Lipinski definition) is 6. The summed E-state index contributed by atoms with van der Waals surface area (Å²) in [7, 11) is 0. The molecular formula is C22H14F2N4O4. The van der Waals surface area contributed by atoms with Crippen LogP contribution in [0.4, 0.5) is 25.8 Å². The molecule has 4 rings (SSSR count). The number of hydrogen-bond donors (Lipinski definition) is 1. The highest BCUT2D eigenvalue weighted by Gasteiger charge is 2.21. The maximum atomic E-state index is 14.1. The summed E-state index contributed by atoms with van der Waals surface area (Å²) in [6.07, 6.45) is 4.10. The fourth-order valence-electron chi connectivity index (χ4n) is 3.40. The number of allylic oxidation sites excluding steroid dienone is 1. The zero-order valence-corrected chi connectivity index (χ0v) is 16.3. The Bertz CT molecular complexity index is 1320. The lowest BCUT2D eigenvalue weighted by Gasteiger charge is -2.17. The third kappa shape index (κ3) is 4.06. The predicted octanol–water partition coefficient (Wildman–Crippen LogP) is 5.22. The second-order valence-electron chi connectivity index (χ2n) is 6.93. The average Bonchev–Trinajstić information content (AvgIpc) is 2.75. The summed E-state index contributed by atoms with van der Waals surface area (Å²) >= 11 is 0. The van der Waals surface area contributed by atoms with Crippen LogP contribution in [0, 0.1) is 31.9 Å². The zero-order valence-electron chi connectivity index (χ0n) is 16.3. The lowest BCUT2D eigenvalue weighted by molar-refractivity contribution is -0.393. The molecule has 1 aliphatic rings. The summed E-state index contributed by atoms with van der Waals surface area (Å²) in [6, 6.07) is 11.3. The molecule has 0 heterocycles. The molecule has 0 amide bonds. The van der Waals surface area contributed by atoms with E-state index in [-0.39, 0.29) is 11.4 Å². The number of hydrazone groups is 1. The van der Waals surface area contributed by atoms with E-state index in [1.165, 1.54) is 24.3 Å². The van der Waals surface area contributed by atoms with Gasteiger partial charge in [0.1, 0.15) is 17.3 Å². The molecule has 0 saturated heterocycles. The SMILES string of the molecule is O=[N+]([O-])c1ccc(N/N=C2\c3cc(F)ccc3/C=C\Cc3ccc(F)cc32)c([N+](=O)[O-])c1. The van der Waals surface area contributed by atoms with Gasteiger partial charge in [-0.1, -0.05) is 24.3 Å². The summed E-state index contributed by atoms with van der Waals surface area (Å²) in [6.45, 7) is 0. The van der Waals surface area contributed by atoms with Crippen molar-refractivity contribution >= 4 is 28.8 Å². The second kappa shape index (κ2) is 8.34. The molecule has 0 spiro atoms. The minimum absolute atomic E-state index is 0.110. The number of non-ortho nitro benzene ring substituents is 1. The lowest BCUT2D eigenvalue weighted by atomic mass is 9.90. The molecule has 3 aromatic rings. The maximum Gasteiger partial charge on any atom is 0.301 e. The van der Waals surface area contributed by atoms with E-state index < -0.39 is 32.9 Å². The maximum absolute atomic E-state index is 14.1. The van der Waals surface area contributed by atoms with Gasteiger partial charge in [0.05, 0.1) is 21.6 Å². The number of nitro groups is 2. The summed E-state index contributed by atoms with van der Waals surface area (Å²) in [5, 5.41) is 26.6. The van der Waals surface area contributed by atoms with Gasteiger partial charge in [-0.25, -0.2) is 8.78 Å². The number of rotatable bonds is 4. The second-order valence-corrected chi connectivity index (χ2v) is 6.93. The van der Waals surface area contributed by atoms with E-state index in [1.807, 2.05) is 6.08 Å². The molecule has 32 heavy (non-hydrogen) atoms. The molecule has 0 unspecified atom stereocenters. The standard InChI is InChI=1S/C22H14F2N4O4/c23-15-6-4-13-2-1-3-14-5-7-16(24)11-19(14)22(18(13)10-15)26-25-20-9-8-17(27(29)30)12-21(20)28(31)32/h1-2,4-12,25H,3H2/b2-1-,26-22+. The Labute approximate surface area is 179 Å². The van der Waals surface area contributed by atoms with Crippen LogP contribution in [0.15, 0.2) is 65.8 Å². The molecule has 0 aliphatic heterocycles. The van der Waals surface area contributed by atoms with Crippen LogP contribution in [-0.2, 0) is 6.42 Å². The topological polar surface area (TPSA) is 111 Å². The Morgan fingerprint density at radius 3 is 2.31 bits per heavy atom. The highest BCUT2D eigenvalue weighted by atomic mass is 19.1. The Morgan fingerprint density at radius 1 is 0.875 bits per heavy atom. The Morgan fingerprint density at radius 2 is 1.59 bits per heavy atom. The molecule has 0 atom stereocenters. The summed E-state index contributed by atoms with van der Waals surface area (Å²) in [5.74, 6) is -1.06. The fourth-order valence-corrected chi connectivity index (χ4v) is 3.40. The van der Waals surface area contributed by atoms with Crippen molar-refractivity contribution in [2.45, 2.75) is 6.42 Å². The molecule has 0 saturated carbocycles. The number of nitrogens with one attached hydrogen (secondary N) is 1. The van der Waals surface area contributed by atoms with Crippen LogP contribution in [0.25, 0.3) is 6.08 Å². The van der Waals surface area contributed by atoms with Crippen molar-refractivity contribution in [3.05, 3.63) is 115 Å². The van der Waals surface area contributed by atoms with Crippen molar-refractivity contribution in [3.63, 3.8) is 0 Å².